The van der Waals surface area contributed by atoms with Crippen LogP contribution in [0.5, 0.6) is 0 Å². The SMILES string of the molecule is Cc1cccc(B(CC=CC(Cl)C(C)F)c2ccc(C(F)(F)F)cc2)c1. The van der Waals surface area contributed by atoms with E-state index in [0.29, 0.717) is 6.32 Å². The Morgan fingerprint density at radius 1 is 1.08 bits per heavy atom. The van der Waals surface area contributed by atoms with Gasteiger partial charge in [-0.25, -0.2) is 4.39 Å². The van der Waals surface area contributed by atoms with E-state index < -0.39 is 23.3 Å². The van der Waals surface area contributed by atoms with Gasteiger partial charge in [-0.3, -0.25) is 0 Å². The minimum atomic E-state index is -4.36. The Kier molecular flexibility index (Phi) is 6.93. The monoisotopic (exact) mass is 382 g/mol. The third-order valence-corrected chi connectivity index (χ3v) is 4.71. The Bertz CT molecular complexity index is 738. The quantitative estimate of drug-likeness (QED) is 0.281. The molecule has 2 unspecified atom stereocenters. The lowest BCUT2D eigenvalue weighted by Crippen LogP contribution is -2.41. The number of halogens is 5. The molecule has 26 heavy (non-hydrogen) atoms. The van der Waals surface area contributed by atoms with Crippen molar-refractivity contribution in [3.63, 3.8) is 0 Å². The third kappa shape index (κ3) is 5.63. The van der Waals surface area contributed by atoms with Gasteiger partial charge in [0.2, 0.25) is 6.71 Å². The van der Waals surface area contributed by atoms with Crippen LogP contribution in [-0.4, -0.2) is 18.3 Å². The summed E-state index contributed by atoms with van der Waals surface area (Å²) in [7, 11) is 0. The average Bonchev–Trinajstić information content (AvgIpc) is 2.58. The third-order valence-electron chi connectivity index (χ3n) is 4.22. The van der Waals surface area contributed by atoms with Gasteiger partial charge in [0.1, 0.15) is 6.17 Å². The van der Waals surface area contributed by atoms with E-state index in [4.69, 9.17) is 11.6 Å². The highest BCUT2D eigenvalue weighted by atomic mass is 35.5. The fraction of sp³-hybridized carbons (Fsp3) is 0.300. The molecule has 0 aliphatic heterocycles. The number of benzene rings is 2. The van der Waals surface area contributed by atoms with Crippen LogP contribution in [0, 0.1) is 6.92 Å². The van der Waals surface area contributed by atoms with Gasteiger partial charge in [-0.15, -0.1) is 11.6 Å². The van der Waals surface area contributed by atoms with Crippen LogP contribution in [0.2, 0.25) is 6.32 Å². The second kappa shape index (κ2) is 8.76. The fourth-order valence-electron chi connectivity index (χ4n) is 2.75. The largest absolute Gasteiger partial charge is 0.416 e. The molecule has 0 aromatic heterocycles. The molecule has 0 bridgehead atoms. The molecule has 2 atom stereocenters. The predicted octanol–water partition coefficient (Wildman–Crippen LogP) is 5.14. The molecule has 138 valence electrons. The molecule has 0 aliphatic rings. The van der Waals surface area contributed by atoms with Gasteiger partial charge in [0.05, 0.1) is 10.9 Å². The van der Waals surface area contributed by atoms with Crippen LogP contribution < -0.4 is 10.9 Å². The van der Waals surface area contributed by atoms with Crippen molar-refractivity contribution in [1.82, 2.24) is 0 Å². The summed E-state index contributed by atoms with van der Waals surface area (Å²) in [5.41, 5.74) is 2.16. The van der Waals surface area contributed by atoms with E-state index in [0.717, 1.165) is 28.6 Å². The molecule has 0 fully saturated rings. The van der Waals surface area contributed by atoms with Crippen LogP contribution in [0.25, 0.3) is 0 Å². The zero-order valence-electron chi connectivity index (χ0n) is 14.6. The van der Waals surface area contributed by atoms with Crippen LogP contribution in [-0.2, 0) is 6.18 Å². The maximum atomic E-state index is 13.2. The van der Waals surface area contributed by atoms with Crippen LogP contribution in [0.4, 0.5) is 17.6 Å². The van der Waals surface area contributed by atoms with E-state index in [2.05, 4.69) is 0 Å². The van der Waals surface area contributed by atoms with Crippen molar-refractivity contribution in [3.05, 3.63) is 71.8 Å². The van der Waals surface area contributed by atoms with Gasteiger partial charge >= 0.3 is 6.18 Å². The summed E-state index contributed by atoms with van der Waals surface area (Å²) in [6.45, 7) is 3.21. The minimum absolute atomic E-state index is 0.132. The van der Waals surface area contributed by atoms with Crippen molar-refractivity contribution in [2.45, 2.75) is 37.9 Å². The Morgan fingerprint density at radius 2 is 1.73 bits per heavy atom. The number of aryl methyl sites for hydroxylation is 1. The number of hydrogen-bond acceptors (Lipinski definition) is 0. The van der Waals surface area contributed by atoms with E-state index in [1.165, 1.54) is 19.1 Å². The molecule has 0 aliphatic carbocycles. The zero-order chi connectivity index (χ0) is 19.3. The summed E-state index contributed by atoms with van der Waals surface area (Å²) in [6.07, 6.45) is -1.63. The van der Waals surface area contributed by atoms with Gasteiger partial charge < -0.3 is 0 Å². The molecule has 2 aromatic rings. The summed E-state index contributed by atoms with van der Waals surface area (Å²) in [4.78, 5) is 0. The first kappa shape index (κ1) is 20.6. The van der Waals surface area contributed by atoms with Gasteiger partial charge in [0, 0.05) is 0 Å². The average molecular weight is 383 g/mol. The molecule has 0 nitrogen and oxygen atoms in total. The first-order valence-electron chi connectivity index (χ1n) is 8.37. The number of rotatable bonds is 6. The van der Waals surface area contributed by atoms with Crippen molar-refractivity contribution in [3.8, 4) is 0 Å². The Morgan fingerprint density at radius 3 is 2.27 bits per heavy atom. The Labute approximate surface area is 157 Å². The second-order valence-corrected chi connectivity index (χ2v) is 6.88. The van der Waals surface area contributed by atoms with Crippen LogP contribution in [0.3, 0.4) is 0 Å². The number of alkyl halides is 5. The molecule has 2 rings (SSSR count). The lowest BCUT2D eigenvalue weighted by atomic mass is 9.38. The van der Waals surface area contributed by atoms with E-state index in [-0.39, 0.29) is 6.71 Å². The number of allylic oxidation sites excluding steroid dienone is 2. The molecule has 0 N–H and O–H groups in total. The molecule has 0 radical (unpaired) electrons. The smallest absolute Gasteiger partial charge is 0.246 e. The van der Waals surface area contributed by atoms with Gasteiger partial charge in [0.15, 0.2) is 0 Å². The maximum Gasteiger partial charge on any atom is 0.416 e. The molecular formula is C20H20BClF4. The van der Waals surface area contributed by atoms with Gasteiger partial charge in [-0.1, -0.05) is 77.2 Å². The predicted molar refractivity (Wildman–Crippen MR) is 102 cm³/mol. The van der Waals surface area contributed by atoms with Crippen LogP contribution in [0.15, 0.2) is 60.7 Å². The topological polar surface area (TPSA) is 0 Å². The van der Waals surface area contributed by atoms with Crippen molar-refractivity contribution in [2.75, 3.05) is 0 Å². The molecule has 0 saturated heterocycles. The Balaban J connectivity index is 2.31. The summed E-state index contributed by atoms with van der Waals surface area (Å²) >= 11 is 5.90. The van der Waals surface area contributed by atoms with Crippen molar-refractivity contribution >= 4 is 29.2 Å². The lowest BCUT2D eigenvalue weighted by molar-refractivity contribution is -0.137. The lowest BCUT2D eigenvalue weighted by Gasteiger charge is -2.15. The van der Waals surface area contributed by atoms with Gasteiger partial charge in [-0.05, 0) is 20.2 Å². The normalized spacial score (nSPS) is 14.4. The summed E-state index contributed by atoms with van der Waals surface area (Å²) in [6, 6.07) is 13.0. The van der Waals surface area contributed by atoms with Crippen molar-refractivity contribution in [2.24, 2.45) is 0 Å². The van der Waals surface area contributed by atoms with Gasteiger partial charge in [-0.2, -0.15) is 13.2 Å². The van der Waals surface area contributed by atoms with Gasteiger partial charge in [0.25, 0.3) is 0 Å². The summed E-state index contributed by atoms with van der Waals surface area (Å²) < 4.78 is 51.6. The highest BCUT2D eigenvalue weighted by Crippen LogP contribution is 2.28. The maximum absolute atomic E-state index is 13.2. The van der Waals surface area contributed by atoms with Crippen LogP contribution in [0.1, 0.15) is 18.1 Å². The molecule has 0 heterocycles. The molecule has 0 saturated carbocycles. The highest BCUT2D eigenvalue weighted by molar-refractivity contribution is 6.85. The summed E-state index contributed by atoms with van der Waals surface area (Å²) in [5, 5.41) is -0.722. The van der Waals surface area contributed by atoms with E-state index in [1.807, 2.05) is 31.2 Å². The number of hydrogen-bond donors (Lipinski definition) is 0. The molecular weight excluding hydrogens is 362 g/mol. The molecule has 2 aromatic carbocycles. The standard InChI is InChI=1S/C20H20BClF4/c1-14-5-3-6-18(13-14)21(12-4-7-19(22)15(2)23)17-10-8-16(9-11-17)20(24,25)26/h3-11,13,15,19H,12H2,1-2H3. The first-order chi connectivity index (χ1) is 12.2. The summed E-state index contributed by atoms with van der Waals surface area (Å²) in [5.74, 6) is 0. The first-order valence-corrected chi connectivity index (χ1v) is 8.80. The molecule has 0 amide bonds. The van der Waals surface area contributed by atoms with Crippen molar-refractivity contribution < 1.29 is 17.6 Å². The fourth-order valence-corrected chi connectivity index (χ4v) is 2.86. The Hall–Kier alpha value is -1.75. The van der Waals surface area contributed by atoms with E-state index in [9.17, 15) is 17.6 Å². The van der Waals surface area contributed by atoms with E-state index >= 15 is 0 Å². The minimum Gasteiger partial charge on any atom is -0.246 e. The van der Waals surface area contributed by atoms with Crippen LogP contribution >= 0.6 is 11.6 Å². The van der Waals surface area contributed by atoms with E-state index in [1.54, 1.807) is 12.2 Å². The highest BCUT2D eigenvalue weighted by Gasteiger charge is 2.30. The van der Waals surface area contributed by atoms with Crippen molar-refractivity contribution in [1.29, 1.82) is 0 Å². The molecule has 6 heteroatoms. The zero-order valence-corrected chi connectivity index (χ0v) is 15.4. The molecule has 0 spiro atoms. The second-order valence-electron chi connectivity index (χ2n) is 6.37.